The molecule has 30 heavy (non-hydrogen) atoms. The van der Waals surface area contributed by atoms with Gasteiger partial charge in [0.1, 0.15) is 0 Å². The van der Waals surface area contributed by atoms with Gasteiger partial charge in [-0.2, -0.15) is 0 Å². The fourth-order valence-electron chi connectivity index (χ4n) is 4.34. The standard InChI is InChI=1S/C26H28ClNO2/c27-25-14-5-4-12-24(25)26(29)30-19-21(15-18-28-16-6-1-7-17-28)23-13-8-10-20-9-2-3-11-22(20)23/h2-5,8-14,21H,1,6-7,15-19H2. The molecular weight excluding hydrogens is 394 g/mol. The monoisotopic (exact) mass is 421 g/mol. The molecule has 4 rings (SSSR count). The molecule has 0 aromatic heterocycles. The molecule has 0 spiro atoms. The number of piperidine rings is 1. The lowest BCUT2D eigenvalue weighted by Crippen LogP contribution is -2.32. The minimum absolute atomic E-state index is 0.143. The van der Waals surface area contributed by atoms with Crippen LogP contribution in [0.15, 0.2) is 66.7 Å². The Kier molecular flexibility index (Phi) is 7.03. The summed E-state index contributed by atoms with van der Waals surface area (Å²) in [6, 6.07) is 21.9. The van der Waals surface area contributed by atoms with Crippen molar-refractivity contribution in [2.24, 2.45) is 0 Å². The van der Waals surface area contributed by atoms with Gasteiger partial charge < -0.3 is 9.64 Å². The Hall–Kier alpha value is -2.36. The molecule has 1 aliphatic rings. The van der Waals surface area contributed by atoms with Crippen LogP contribution in [0, 0.1) is 0 Å². The van der Waals surface area contributed by atoms with Gasteiger partial charge in [0.2, 0.25) is 0 Å². The Morgan fingerprint density at radius 3 is 2.50 bits per heavy atom. The minimum atomic E-state index is -0.358. The Morgan fingerprint density at radius 2 is 1.67 bits per heavy atom. The molecule has 0 radical (unpaired) electrons. The Morgan fingerprint density at radius 1 is 0.933 bits per heavy atom. The van der Waals surface area contributed by atoms with Crippen molar-refractivity contribution >= 4 is 28.3 Å². The molecule has 3 aromatic carbocycles. The largest absolute Gasteiger partial charge is 0.461 e. The van der Waals surface area contributed by atoms with Crippen LogP contribution in [0.3, 0.4) is 0 Å². The molecule has 0 bridgehead atoms. The SMILES string of the molecule is O=C(OCC(CCN1CCCCC1)c1cccc2ccccc12)c1ccccc1Cl. The molecule has 156 valence electrons. The van der Waals surface area contributed by atoms with Gasteiger partial charge in [0.25, 0.3) is 0 Å². The van der Waals surface area contributed by atoms with Gasteiger partial charge in [0, 0.05) is 5.92 Å². The van der Waals surface area contributed by atoms with E-state index in [1.54, 1.807) is 18.2 Å². The average molecular weight is 422 g/mol. The molecule has 1 aliphatic heterocycles. The number of halogens is 1. The van der Waals surface area contributed by atoms with Crippen molar-refractivity contribution in [2.75, 3.05) is 26.2 Å². The van der Waals surface area contributed by atoms with Crippen LogP contribution in [0.25, 0.3) is 10.8 Å². The highest BCUT2D eigenvalue weighted by molar-refractivity contribution is 6.33. The lowest BCUT2D eigenvalue weighted by molar-refractivity contribution is 0.0470. The van der Waals surface area contributed by atoms with E-state index in [2.05, 4.69) is 47.4 Å². The first-order valence-corrected chi connectivity index (χ1v) is 11.2. The molecule has 4 heteroatoms. The normalized spacial score (nSPS) is 15.8. The summed E-state index contributed by atoms with van der Waals surface area (Å²) in [5.41, 5.74) is 1.67. The van der Waals surface area contributed by atoms with Crippen LogP contribution in [-0.4, -0.2) is 37.1 Å². The summed E-state index contributed by atoms with van der Waals surface area (Å²) in [5.74, 6) is -0.215. The second-order valence-electron chi connectivity index (χ2n) is 8.03. The molecule has 3 nitrogen and oxygen atoms in total. The number of hydrogen-bond donors (Lipinski definition) is 0. The van der Waals surface area contributed by atoms with E-state index >= 15 is 0 Å². The number of esters is 1. The first kappa shape index (κ1) is 20.9. The van der Waals surface area contributed by atoms with E-state index in [1.807, 2.05) is 6.07 Å². The first-order chi connectivity index (χ1) is 14.7. The Bertz CT molecular complexity index is 992. The van der Waals surface area contributed by atoms with E-state index in [9.17, 15) is 4.79 Å². The van der Waals surface area contributed by atoms with Crippen LogP contribution in [0.1, 0.15) is 47.5 Å². The zero-order valence-corrected chi connectivity index (χ0v) is 18.0. The van der Waals surface area contributed by atoms with E-state index < -0.39 is 0 Å². The quantitative estimate of drug-likeness (QED) is 0.418. The van der Waals surface area contributed by atoms with Gasteiger partial charge >= 0.3 is 5.97 Å². The smallest absolute Gasteiger partial charge is 0.339 e. The maximum absolute atomic E-state index is 12.7. The predicted molar refractivity (Wildman–Crippen MR) is 123 cm³/mol. The van der Waals surface area contributed by atoms with Crippen molar-refractivity contribution in [3.05, 3.63) is 82.9 Å². The third-order valence-corrected chi connectivity index (χ3v) is 6.34. The molecule has 0 N–H and O–H groups in total. The molecule has 1 atom stereocenters. The number of nitrogens with zero attached hydrogens (tertiary/aromatic N) is 1. The lowest BCUT2D eigenvalue weighted by Gasteiger charge is -2.28. The van der Waals surface area contributed by atoms with E-state index in [0.29, 0.717) is 17.2 Å². The van der Waals surface area contributed by atoms with E-state index in [0.717, 1.165) is 13.0 Å². The number of benzene rings is 3. The third kappa shape index (κ3) is 5.03. The highest BCUT2D eigenvalue weighted by atomic mass is 35.5. The number of carbonyl (C=O) groups excluding carboxylic acids is 1. The molecule has 3 aromatic rings. The van der Waals surface area contributed by atoms with E-state index in [4.69, 9.17) is 16.3 Å². The summed E-state index contributed by atoms with van der Waals surface area (Å²) in [6.07, 6.45) is 4.85. The molecule has 1 saturated heterocycles. The van der Waals surface area contributed by atoms with Crippen LogP contribution < -0.4 is 0 Å². The molecule has 0 saturated carbocycles. The number of rotatable bonds is 7. The summed E-state index contributed by atoms with van der Waals surface area (Å²) in [5, 5.41) is 2.88. The fourth-order valence-corrected chi connectivity index (χ4v) is 4.55. The van der Waals surface area contributed by atoms with Crippen molar-refractivity contribution in [3.63, 3.8) is 0 Å². The first-order valence-electron chi connectivity index (χ1n) is 10.8. The second kappa shape index (κ2) is 10.1. The van der Waals surface area contributed by atoms with Crippen LogP contribution in [0.2, 0.25) is 5.02 Å². The van der Waals surface area contributed by atoms with E-state index in [-0.39, 0.29) is 11.9 Å². The van der Waals surface area contributed by atoms with E-state index in [1.165, 1.54) is 48.7 Å². The van der Waals surface area contributed by atoms with Gasteiger partial charge in [-0.3, -0.25) is 0 Å². The molecule has 0 amide bonds. The van der Waals surface area contributed by atoms with Gasteiger partial charge in [-0.05, 0) is 67.4 Å². The highest BCUT2D eigenvalue weighted by Gasteiger charge is 2.20. The average Bonchev–Trinajstić information content (AvgIpc) is 2.80. The van der Waals surface area contributed by atoms with Crippen LogP contribution in [0.4, 0.5) is 0 Å². The highest BCUT2D eigenvalue weighted by Crippen LogP contribution is 2.29. The van der Waals surface area contributed by atoms with Crippen molar-refractivity contribution in [2.45, 2.75) is 31.6 Å². The topological polar surface area (TPSA) is 29.5 Å². The number of carbonyl (C=O) groups is 1. The Balaban J connectivity index is 1.53. The van der Waals surface area contributed by atoms with Gasteiger partial charge in [-0.25, -0.2) is 4.79 Å². The summed E-state index contributed by atoms with van der Waals surface area (Å²) in [6.45, 7) is 3.72. The maximum Gasteiger partial charge on any atom is 0.339 e. The fraction of sp³-hybridized carbons (Fsp3) is 0.346. The number of likely N-dealkylation sites (tertiary alicyclic amines) is 1. The summed E-state index contributed by atoms with van der Waals surface area (Å²) in [4.78, 5) is 15.2. The van der Waals surface area contributed by atoms with Crippen molar-refractivity contribution in [1.29, 1.82) is 0 Å². The molecule has 0 aliphatic carbocycles. The zero-order valence-electron chi connectivity index (χ0n) is 17.2. The van der Waals surface area contributed by atoms with Crippen LogP contribution >= 0.6 is 11.6 Å². The molecule has 1 fully saturated rings. The molecular formula is C26H28ClNO2. The molecule has 1 unspecified atom stereocenters. The van der Waals surface area contributed by atoms with Crippen LogP contribution in [-0.2, 0) is 4.74 Å². The van der Waals surface area contributed by atoms with Crippen molar-refractivity contribution < 1.29 is 9.53 Å². The van der Waals surface area contributed by atoms with Gasteiger partial charge in [-0.15, -0.1) is 0 Å². The molecule has 1 heterocycles. The maximum atomic E-state index is 12.7. The lowest BCUT2D eigenvalue weighted by atomic mass is 9.91. The predicted octanol–water partition coefficient (Wildman–Crippen LogP) is 6.31. The second-order valence-corrected chi connectivity index (χ2v) is 8.44. The Labute approximate surface area is 183 Å². The summed E-state index contributed by atoms with van der Waals surface area (Å²) < 4.78 is 5.77. The third-order valence-electron chi connectivity index (χ3n) is 6.02. The van der Waals surface area contributed by atoms with Gasteiger partial charge in [0.15, 0.2) is 0 Å². The van der Waals surface area contributed by atoms with Crippen LogP contribution in [0.5, 0.6) is 0 Å². The minimum Gasteiger partial charge on any atom is -0.461 e. The summed E-state index contributed by atoms with van der Waals surface area (Å²) >= 11 is 6.18. The van der Waals surface area contributed by atoms with Crippen molar-refractivity contribution in [3.8, 4) is 0 Å². The van der Waals surface area contributed by atoms with Gasteiger partial charge in [0.05, 0.1) is 17.2 Å². The summed E-state index contributed by atoms with van der Waals surface area (Å²) in [7, 11) is 0. The number of fused-ring (bicyclic) bond motifs is 1. The van der Waals surface area contributed by atoms with Crippen molar-refractivity contribution in [1.82, 2.24) is 4.90 Å². The zero-order chi connectivity index (χ0) is 20.8. The number of hydrogen-bond acceptors (Lipinski definition) is 3. The van der Waals surface area contributed by atoms with Gasteiger partial charge in [-0.1, -0.05) is 72.6 Å². The number of ether oxygens (including phenoxy) is 1.